The van der Waals surface area contributed by atoms with E-state index in [1.165, 1.54) is 19.2 Å². The summed E-state index contributed by atoms with van der Waals surface area (Å²) < 4.78 is 34.2. The molecular formula is C19H21BrN2O4S. The van der Waals surface area contributed by atoms with E-state index in [9.17, 15) is 13.2 Å². The standard InChI is InChI=1S/C19H21BrN2O4S/c1-12(13-3-4-13)21-19(23)14-5-10-17(26-2)18(11-14)27(24,25)22-16-8-6-15(20)7-9-16/h5-13,22H,3-4H2,1-2H3,(H,21,23)/t12-/m0/s1. The fraction of sp³-hybridized carbons (Fsp3) is 0.316. The van der Waals surface area contributed by atoms with E-state index in [4.69, 9.17) is 4.74 Å². The highest BCUT2D eigenvalue weighted by molar-refractivity contribution is 9.10. The van der Waals surface area contributed by atoms with Crippen molar-refractivity contribution < 1.29 is 17.9 Å². The number of carbonyl (C=O) groups excluding carboxylic acids is 1. The van der Waals surface area contributed by atoms with Crippen molar-refractivity contribution in [2.75, 3.05) is 11.8 Å². The molecule has 1 aliphatic rings. The first-order valence-electron chi connectivity index (χ1n) is 8.57. The Balaban J connectivity index is 1.87. The van der Waals surface area contributed by atoms with Gasteiger partial charge in [0.2, 0.25) is 0 Å². The maximum Gasteiger partial charge on any atom is 0.265 e. The van der Waals surface area contributed by atoms with Gasteiger partial charge in [-0.3, -0.25) is 9.52 Å². The van der Waals surface area contributed by atoms with E-state index in [1.807, 2.05) is 6.92 Å². The molecule has 0 aromatic heterocycles. The first-order valence-corrected chi connectivity index (χ1v) is 10.8. The van der Waals surface area contributed by atoms with Crippen molar-refractivity contribution in [2.45, 2.75) is 30.7 Å². The summed E-state index contributed by atoms with van der Waals surface area (Å²) in [6.07, 6.45) is 2.22. The minimum absolute atomic E-state index is 0.0700. The van der Waals surface area contributed by atoms with Gasteiger partial charge in [0.25, 0.3) is 15.9 Å². The molecule has 1 aliphatic carbocycles. The monoisotopic (exact) mass is 452 g/mol. The van der Waals surface area contributed by atoms with Crippen molar-refractivity contribution in [1.82, 2.24) is 5.32 Å². The molecule has 0 spiro atoms. The lowest BCUT2D eigenvalue weighted by molar-refractivity contribution is 0.0935. The molecule has 0 unspecified atom stereocenters. The molecule has 0 aliphatic heterocycles. The molecule has 6 nitrogen and oxygen atoms in total. The molecule has 144 valence electrons. The van der Waals surface area contributed by atoms with Gasteiger partial charge in [0, 0.05) is 21.8 Å². The van der Waals surface area contributed by atoms with Crippen LogP contribution in [0.5, 0.6) is 5.75 Å². The van der Waals surface area contributed by atoms with Gasteiger partial charge in [0.1, 0.15) is 10.6 Å². The average Bonchev–Trinajstić information content (AvgIpc) is 3.48. The van der Waals surface area contributed by atoms with E-state index in [2.05, 4.69) is 26.0 Å². The molecule has 0 saturated heterocycles. The van der Waals surface area contributed by atoms with E-state index in [1.54, 1.807) is 30.3 Å². The van der Waals surface area contributed by atoms with Crippen LogP contribution in [0.4, 0.5) is 5.69 Å². The SMILES string of the molecule is COc1ccc(C(=O)N[C@@H](C)C2CC2)cc1S(=O)(=O)Nc1ccc(Br)cc1. The van der Waals surface area contributed by atoms with Gasteiger partial charge >= 0.3 is 0 Å². The highest BCUT2D eigenvalue weighted by Gasteiger charge is 2.29. The van der Waals surface area contributed by atoms with Crippen molar-refractivity contribution in [3.8, 4) is 5.75 Å². The fourth-order valence-electron chi connectivity index (χ4n) is 2.76. The summed E-state index contributed by atoms with van der Waals surface area (Å²) in [5, 5.41) is 2.93. The maximum atomic E-state index is 12.8. The van der Waals surface area contributed by atoms with Crippen LogP contribution >= 0.6 is 15.9 Å². The highest BCUT2D eigenvalue weighted by atomic mass is 79.9. The van der Waals surface area contributed by atoms with Crippen LogP contribution in [0.3, 0.4) is 0 Å². The summed E-state index contributed by atoms with van der Waals surface area (Å²) in [4.78, 5) is 12.4. The van der Waals surface area contributed by atoms with Crippen molar-refractivity contribution >= 4 is 37.5 Å². The van der Waals surface area contributed by atoms with Crippen LogP contribution in [-0.2, 0) is 10.0 Å². The second-order valence-electron chi connectivity index (χ2n) is 6.58. The van der Waals surface area contributed by atoms with Crippen LogP contribution in [0.2, 0.25) is 0 Å². The Kier molecular flexibility index (Phi) is 5.76. The van der Waals surface area contributed by atoms with E-state index in [-0.39, 0.29) is 28.2 Å². The zero-order valence-electron chi connectivity index (χ0n) is 15.0. The molecular weight excluding hydrogens is 432 g/mol. The number of carbonyl (C=O) groups is 1. The number of hydrogen-bond acceptors (Lipinski definition) is 4. The third kappa shape index (κ3) is 4.81. The molecule has 1 atom stereocenters. The minimum atomic E-state index is -3.93. The lowest BCUT2D eigenvalue weighted by Crippen LogP contribution is -2.34. The zero-order chi connectivity index (χ0) is 19.6. The molecule has 0 bridgehead atoms. The van der Waals surface area contributed by atoms with Crippen LogP contribution < -0.4 is 14.8 Å². The summed E-state index contributed by atoms with van der Waals surface area (Å²) in [6, 6.07) is 11.2. The number of methoxy groups -OCH3 is 1. The second kappa shape index (κ2) is 7.90. The number of halogens is 1. The maximum absolute atomic E-state index is 12.8. The molecule has 1 saturated carbocycles. The second-order valence-corrected chi connectivity index (χ2v) is 9.14. The number of amides is 1. The summed E-state index contributed by atoms with van der Waals surface area (Å²) in [7, 11) is -2.54. The largest absolute Gasteiger partial charge is 0.495 e. The fourth-order valence-corrected chi connectivity index (χ4v) is 4.28. The van der Waals surface area contributed by atoms with E-state index >= 15 is 0 Å². The van der Waals surface area contributed by atoms with Gasteiger partial charge in [0.05, 0.1) is 7.11 Å². The summed E-state index contributed by atoms with van der Waals surface area (Å²) >= 11 is 3.31. The number of hydrogen-bond donors (Lipinski definition) is 2. The molecule has 2 aromatic rings. The smallest absolute Gasteiger partial charge is 0.265 e. The van der Waals surface area contributed by atoms with Crippen LogP contribution in [0.25, 0.3) is 0 Å². The Hall–Kier alpha value is -2.06. The topological polar surface area (TPSA) is 84.5 Å². The lowest BCUT2D eigenvalue weighted by Gasteiger charge is -2.15. The summed E-state index contributed by atoms with van der Waals surface area (Å²) in [5.74, 6) is 0.387. The van der Waals surface area contributed by atoms with Crippen LogP contribution in [-0.4, -0.2) is 27.5 Å². The first-order chi connectivity index (χ1) is 12.8. The quantitative estimate of drug-likeness (QED) is 0.668. The number of anilines is 1. The average molecular weight is 453 g/mol. The van der Waals surface area contributed by atoms with Crippen LogP contribution in [0.15, 0.2) is 51.8 Å². The molecule has 2 aromatic carbocycles. The van der Waals surface area contributed by atoms with Crippen molar-refractivity contribution in [3.63, 3.8) is 0 Å². The molecule has 2 N–H and O–H groups in total. The summed E-state index contributed by atoms with van der Waals surface area (Å²) in [5.41, 5.74) is 0.692. The number of ether oxygens (including phenoxy) is 1. The number of nitrogens with one attached hydrogen (secondary N) is 2. The number of rotatable bonds is 7. The molecule has 8 heteroatoms. The third-order valence-corrected chi connectivity index (χ3v) is 6.43. The zero-order valence-corrected chi connectivity index (χ0v) is 17.4. The minimum Gasteiger partial charge on any atom is -0.495 e. The number of sulfonamides is 1. The van der Waals surface area contributed by atoms with Crippen molar-refractivity contribution in [3.05, 3.63) is 52.5 Å². The van der Waals surface area contributed by atoms with Crippen LogP contribution in [0, 0.1) is 5.92 Å². The highest BCUT2D eigenvalue weighted by Crippen LogP contribution is 2.33. The van der Waals surface area contributed by atoms with Gasteiger partial charge in [-0.05, 0) is 68.1 Å². The summed E-state index contributed by atoms with van der Waals surface area (Å²) in [6.45, 7) is 1.96. The molecule has 3 rings (SSSR count). The Morgan fingerprint density at radius 3 is 2.44 bits per heavy atom. The normalized spacial score (nSPS) is 15.1. The van der Waals surface area contributed by atoms with E-state index in [0.29, 0.717) is 11.6 Å². The Morgan fingerprint density at radius 1 is 1.19 bits per heavy atom. The number of benzene rings is 2. The van der Waals surface area contributed by atoms with Gasteiger partial charge in [-0.25, -0.2) is 8.42 Å². The third-order valence-electron chi connectivity index (χ3n) is 4.50. The van der Waals surface area contributed by atoms with Gasteiger partial charge in [-0.2, -0.15) is 0 Å². The molecule has 0 heterocycles. The Morgan fingerprint density at radius 2 is 1.85 bits per heavy atom. The first kappa shape index (κ1) is 19.7. The van der Waals surface area contributed by atoms with Crippen LogP contribution in [0.1, 0.15) is 30.1 Å². The lowest BCUT2D eigenvalue weighted by atomic mass is 10.1. The predicted octanol–water partition coefficient (Wildman–Crippen LogP) is 3.79. The van der Waals surface area contributed by atoms with E-state index < -0.39 is 10.0 Å². The van der Waals surface area contributed by atoms with Gasteiger partial charge in [-0.15, -0.1) is 0 Å². The predicted molar refractivity (Wildman–Crippen MR) is 108 cm³/mol. The van der Waals surface area contributed by atoms with E-state index in [0.717, 1.165) is 17.3 Å². The Bertz CT molecular complexity index is 941. The van der Waals surface area contributed by atoms with Gasteiger partial charge in [0.15, 0.2) is 0 Å². The molecule has 27 heavy (non-hydrogen) atoms. The Labute approximate surface area is 167 Å². The van der Waals surface area contributed by atoms with Crippen molar-refractivity contribution in [2.24, 2.45) is 5.92 Å². The molecule has 0 radical (unpaired) electrons. The molecule has 1 amide bonds. The molecule has 1 fully saturated rings. The van der Waals surface area contributed by atoms with Gasteiger partial charge < -0.3 is 10.1 Å². The van der Waals surface area contributed by atoms with Crippen molar-refractivity contribution in [1.29, 1.82) is 0 Å². The van der Waals surface area contributed by atoms with Gasteiger partial charge in [-0.1, -0.05) is 15.9 Å².